The zero-order valence-corrected chi connectivity index (χ0v) is 8.66. The van der Waals surface area contributed by atoms with E-state index in [2.05, 4.69) is 0 Å². The van der Waals surface area contributed by atoms with Gasteiger partial charge in [0.25, 0.3) is 0 Å². The lowest BCUT2D eigenvalue weighted by atomic mass is 9.85. The quantitative estimate of drug-likeness (QED) is 0.730. The molecule has 2 atom stereocenters. The first-order valence-electron chi connectivity index (χ1n) is 5.35. The minimum atomic E-state index is -0.836. The first-order chi connectivity index (χ1) is 6.71. The lowest BCUT2D eigenvalue weighted by Crippen LogP contribution is -2.39. The van der Waals surface area contributed by atoms with Crippen LogP contribution in [0.1, 0.15) is 26.2 Å². The van der Waals surface area contributed by atoms with E-state index in [1.807, 2.05) is 13.0 Å². The first kappa shape index (κ1) is 9.99. The number of allylic oxidation sites excluding steroid dienone is 1. The molecule has 1 N–H and O–H groups in total. The summed E-state index contributed by atoms with van der Waals surface area (Å²) >= 11 is 0. The molecule has 0 amide bonds. The van der Waals surface area contributed by atoms with Gasteiger partial charge in [-0.1, -0.05) is 0 Å². The normalized spacial score (nSPS) is 31.9. The molecule has 1 saturated heterocycles. The van der Waals surface area contributed by atoms with Crippen molar-refractivity contribution in [3.63, 3.8) is 0 Å². The molecule has 2 heterocycles. The first-order valence-corrected chi connectivity index (χ1v) is 5.35. The molecule has 0 bridgehead atoms. The van der Waals surface area contributed by atoms with Crippen LogP contribution >= 0.6 is 0 Å². The minimum Gasteiger partial charge on any atom is -0.495 e. The summed E-state index contributed by atoms with van der Waals surface area (Å²) in [6, 6.07) is 0. The van der Waals surface area contributed by atoms with Gasteiger partial charge in [0.2, 0.25) is 0 Å². The molecule has 0 saturated carbocycles. The second-order valence-electron chi connectivity index (χ2n) is 4.27. The van der Waals surface area contributed by atoms with Crippen molar-refractivity contribution in [3.05, 3.63) is 11.8 Å². The Morgan fingerprint density at radius 1 is 1.50 bits per heavy atom. The van der Waals surface area contributed by atoms with Crippen molar-refractivity contribution in [1.82, 2.24) is 0 Å². The van der Waals surface area contributed by atoms with E-state index in [0.29, 0.717) is 6.61 Å². The van der Waals surface area contributed by atoms with Crippen LogP contribution in [0.4, 0.5) is 0 Å². The smallest absolute Gasteiger partial charge is 0.124 e. The largest absolute Gasteiger partial charge is 0.495 e. The molecular formula is C11H18O3. The Balaban J connectivity index is 2.08. The Bertz CT molecular complexity index is 227. The fourth-order valence-corrected chi connectivity index (χ4v) is 2.09. The Hall–Kier alpha value is -0.540. The molecule has 0 aromatic carbocycles. The average molecular weight is 198 g/mol. The Morgan fingerprint density at radius 3 is 2.93 bits per heavy atom. The number of hydrogen-bond donors (Lipinski definition) is 1. The highest BCUT2D eigenvalue weighted by molar-refractivity contribution is 5.12. The molecule has 3 heteroatoms. The van der Waals surface area contributed by atoms with E-state index >= 15 is 0 Å². The fraction of sp³-hybridized carbons (Fsp3) is 0.818. The second-order valence-corrected chi connectivity index (χ2v) is 4.27. The second kappa shape index (κ2) is 3.91. The maximum Gasteiger partial charge on any atom is 0.124 e. The molecule has 80 valence electrons. The zero-order chi connectivity index (χ0) is 10.0. The fourth-order valence-electron chi connectivity index (χ4n) is 2.09. The molecule has 1 fully saturated rings. The highest BCUT2D eigenvalue weighted by Gasteiger charge is 2.39. The van der Waals surface area contributed by atoms with Gasteiger partial charge in [0, 0.05) is 12.5 Å². The van der Waals surface area contributed by atoms with E-state index in [4.69, 9.17) is 9.47 Å². The average Bonchev–Trinajstić information content (AvgIpc) is 2.72. The molecule has 0 aromatic heterocycles. The standard InChI is InChI=1S/C11H18O3/c1-11(12,9-5-7-13-8-9)10-4-2-3-6-14-10/h4,9,12H,2-3,5-8H2,1H3. The van der Waals surface area contributed by atoms with Gasteiger partial charge in [-0.3, -0.25) is 0 Å². The molecule has 2 rings (SSSR count). The molecule has 0 aliphatic carbocycles. The SMILES string of the molecule is CC(O)(C1=CCCCO1)C1CCOC1. The van der Waals surface area contributed by atoms with Crippen LogP contribution in [0.15, 0.2) is 11.8 Å². The Morgan fingerprint density at radius 2 is 2.36 bits per heavy atom. The minimum absolute atomic E-state index is 0.187. The predicted molar refractivity (Wildman–Crippen MR) is 52.8 cm³/mol. The number of ether oxygens (including phenoxy) is 2. The van der Waals surface area contributed by atoms with Crippen molar-refractivity contribution in [2.45, 2.75) is 31.8 Å². The summed E-state index contributed by atoms with van der Waals surface area (Å²) < 4.78 is 10.8. The third-order valence-electron chi connectivity index (χ3n) is 3.16. The molecule has 2 aliphatic heterocycles. The maximum absolute atomic E-state index is 10.4. The molecule has 14 heavy (non-hydrogen) atoms. The van der Waals surface area contributed by atoms with E-state index in [0.717, 1.165) is 38.2 Å². The van der Waals surface area contributed by atoms with Crippen LogP contribution in [0.3, 0.4) is 0 Å². The van der Waals surface area contributed by atoms with Crippen LogP contribution in [0.25, 0.3) is 0 Å². The van der Waals surface area contributed by atoms with Crippen LogP contribution in [-0.2, 0) is 9.47 Å². The number of hydrogen-bond acceptors (Lipinski definition) is 3. The van der Waals surface area contributed by atoms with Gasteiger partial charge in [-0.15, -0.1) is 0 Å². The van der Waals surface area contributed by atoms with Crippen LogP contribution < -0.4 is 0 Å². The summed E-state index contributed by atoms with van der Waals surface area (Å²) in [4.78, 5) is 0. The van der Waals surface area contributed by atoms with Crippen molar-refractivity contribution in [2.75, 3.05) is 19.8 Å². The monoisotopic (exact) mass is 198 g/mol. The van der Waals surface area contributed by atoms with Crippen molar-refractivity contribution in [3.8, 4) is 0 Å². The van der Waals surface area contributed by atoms with E-state index in [-0.39, 0.29) is 5.92 Å². The van der Waals surface area contributed by atoms with Gasteiger partial charge < -0.3 is 14.6 Å². The maximum atomic E-state index is 10.4. The lowest BCUT2D eigenvalue weighted by Gasteiger charge is -2.33. The van der Waals surface area contributed by atoms with Crippen LogP contribution in [0, 0.1) is 5.92 Å². The van der Waals surface area contributed by atoms with Gasteiger partial charge in [0.15, 0.2) is 0 Å². The van der Waals surface area contributed by atoms with Crippen molar-refractivity contribution < 1.29 is 14.6 Å². The molecular weight excluding hydrogens is 180 g/mol. The van der Waals surface area contributed by atoms with E-state index in [9.17, 15) is 5.11 Å². The van der Waals surface area contributed by atoms with Gasteiger partial charge in [-0.25, -0.2) is 0 Å². The van der Waals surface area contributed by atoms with Gasteiger partial charge in [-0.2, -0.15) is 0 Å². The number of rotatable bonds is 2. The highest BCUT2D eigenvalue weighted by atomic mass is 16.5. The summed E-state index contributed by atoms with van der Waals surface area (Å²) in [6.07, 6.45) is 5.01. The van der Waals surface area contributed by atoms with E-state index < -0.39 is 5.60 Å². The van der Waals surface area contributed by atoms with Crippen LogP contribution in [0.5, 0.6) is 0 Å². The topological polar surface area (TPSA) is 38.7 Å². The van der Waals surface area contributed by atoms with Crippen molar-refractivity contribution >= 4 is 0 Å². The van der Waals surface area contributed by atoms with Crippen LogP contribution in [-0.4, -0.2) is 30.5 Å². The summed E-state index contributed by atoms with van der Waals surface area (Å²) in [7, 11) is 0. The molecule has 2 unspecified atom stereocenters. The molecule has 2 aliphatic rings. The van der Waals surface area contributed by atoms with Gasteiger partial charge in [-0.05, 0) is 32.3 Å². The highest BCUT2D eigenvalue weighted by Crippen LogP contribution is 2.34. The van der Waals surface area contributed by atoms with E-state index in [1.54, 1.807) is 0 Å². The van der Waals surface area contributed by atoms with Gasteiger partial charge in [0.05, 0.1) is 13.2 Å². The van der Waals surface area contributed by atoms with Crippen LogP contribution in [0.2, 0.25) is 0 Å². The molecule has 3 nitrogen and oxygen atoms in total. The third-order valence-corrected chi connectivity index (χ3v) is 3.16. The van der Waals surface area contributed by atoms with Gasteiger partial charge in [0.1, 0.15) is 11.4 Å². The Labute approximate surface area is 84.7 Å². The van der Waals surface area contributed by atoms with Crippen molar-refractivity contribution in [1.29, 1.82) is 0 Å². The zero-order valence-electron chi connectivity index (χ0n) is 8.66. The summed E-state index contributed by atoms with van der Waals surface area (Å²) in [5, 5.41) is 10.4. The summed E-state index contributed by atoms with van der Waals surface area (Å²) in [5.41, 5.74) is -0.836. The summed E-state index contributed by atoms with van der Waals surface area (Å²) in [5.74, 6) is 0.936. The Kier molecular flexibility index (Phi) is 2.79. The molecule has 0 spiro atoms. The van der Waals surface area contributed by atoms with Crippen molar-refractivity contribution in [2.24, 2.45) is 5.92 Å². The van der Waals surface area contributed by atoms with E-state index in [1.165, 1.54) is 0 Å². The molecule has 0 radical (unpaired) electrons. The lowest BCUT2D eigenvalue weighted by molar-refractivity contribution is -0.0281. The third kappa shape index (κ3) is 1.79. The predicted octanol–water partition coefficient (Wildman–Crippen LogP) is 1.47. The molecule has 0 aromatic rings. The van der Waals surface area contributed by atoms with Gasteiger partial charge >= 0.3 is 0 Å². The number of aliphatic hydroxyl groups is 1. The summed E-state index contributed by atoms with van der Waals surface area (Å²) in [6.45, 7) is 3.97.